The lowest BCUT2D eigenvalue weighted by molar-refractivity contribution is -0.142. The number of rotatable bonds is 5. The number of carboxylic acids is 1. The first kappa shape index (κ1) is 13.8. The maximum absolute atomic E-state index is 11.3. The molecule has 0 radical (unpaired) electrons. The number of carbonyl (C=O) groups excluding carboxylic acids is 1. The molecule has 2 N–H and O–H groups in total. The number of ether oxygens (including phenoxy) is 1. The number of methoxy groups -OCH3 is 1. The molecular weight excluding hydrogens is 226 g/mol. The summed E-state index contributed by atoms with van der Waals surface area (Å²) in [5.41, 5.74) is 0. The molecule has 0 saturated carbocycles. The molecule has 0 aliphatic rings. The first-order valence-electron chi connectivity index (χ1n) is 4.04. The highest BCUT2D eigenvalue weighted by atomic mass is 32.2. The summed E-state index contributed by atoms with van der Waals surface area (Å²) in [4.78, 5) is 21.3. The Morgan fingerprint density at radius 3 is 2.13 bits per heavy atom. The highest BCUT2D eigenvalue weighted by molar-refractivity contribution is 7.90. The molecule has 8 heteroatoms. The van der Waals surface area contributed by atoms with E-state index >= 15 is 0 Å². The third-order valence-corrected chi connectivity index (χ3v) is 3.52. The van der Waals surface area contributed by atoms with Crippen molar-refractivity contribution in [3.8, 4) is 0 Å². The molecular formula is C7H13NO6S. The molecule has 0 heterocycles. The van der Waals surface area contributed by atoms with E-state index in [0.29, 0.717) is 0 Å². The molecule has 7 nitrogen and oxygen atoms in total. The van der Waals surface area contributed by atoms with Crippen LogP contribution in [0.15, 0.2) is 0 Å². The van der Waals surface area contributed by atoms with E-state index in [1.165, 1.54) is 6.92 Å². The molecule has 15 heavy (non-hydrogen) atoms. The number of sulfonamides is 1. The fraction of sp³-hybridized carbons (Fsp3) is 0.714. The lowest BCUT2D eigenvalue weighted by Gasteiger charge is -2.14. The average Bonchev–Trinajstić information content (AvgIpc) is 2.14. The zero-order valence-electron chi connectivity index (χ0n) is 8.55. The second-order valence-electron chi connectivity index (χ2n) is 2.89. The van der Waals surface area contributed by atoms with Crippen molar-refractivity contribution in [3.63, 3.8) is 0 Å². The van der Waals surface area contributed by atoms with E-state index in [1.807, 2.05) is 4.72 Å². The van der Waals surface area contributed by atoms with E-state index in [4.69, 9.17) is 5.11 Å². The minimum atomic E-state index is -4.06. The molecule has 1 unspecified atom stereocenters. The summed E-state index contributed by atoms with van der Waals surface area (Å²) in [7, 11) is -2.96. The topological polar surface area (TPSA) is 110 Å². The quantitative estimate of drug-likeness (QED) is 0.592. The lowest BCUT2D eigenvalue weighted by atomic mass is 10.4. The van der Waals surface area contributed by atoms with E-state index in [0.717, 1.165) is 14.0 Å². The van der Waals surface area contributed by atoms with Gasteiger partial charge in [0.05, 0.1) is 7.11 Å². The van der Waals surface area contributed by atoms with Gasteiger partial charge >= 0.3 is 11.9 Å². The normalized spacial score (nSPS) is 15.4. The second kappa shape index (κ2) is 5.08. The summed E-state index contributed by atoms with van der Waals surface area (Å²) < 4.78 is 28.8. The third kappa shape index (κ3) is 3.84. The summed E-state index contributed by atoms with van der Waals surface area (Å²) in [5.74, 6) is -2.27. The minimum absolute atomic E-state index is 0.781. The molecule has 0 saturated heterocycles. The van der Waals surface area contributed by atoms with E-state index < -0.39 is 33.3 Å². The van der Waals surface area contributed by atoms with Crippen molar-refractivity contribution in [3.05, 3.63) is 0 Å². The molecule has 88 valence electrons. The summed E-state index contributed by atoms with van der Waals surface area (Å²) in [6.45, 7) is 2.27. The van der Waals surface area contributed by atoms with Crippen molar-refractivity contribution in [1.29, 1.82) is 0 Å². The van der Waals surface area contributed by atoms with Crippen LogP contribution in [-0.4, -0.2) is 43.9 Å². The molecule has 2 atom stereocenters. The Kier molecular flexibility index (Phi) is 4.69. The number of aliphatic carboxylic acids is 1. The fourth-order valence-electron chi connectivity index (χ4n) is 0.706. The van der Waals surface area contributed by atoms with Crippen LogP contribution in [0.5, 0.6) is 0 Å². The predicted octanol–water partition coefficient (Wildman–Crippen LogP) is -1.06. The fourth-order valence-corrected chi connectivity index (χ4v) is 1.76. The van der Waals surface area contributed by atoms with Crippen LogP contribution in [0.1, 0.15) is 13.8 Å². The first-order valence-corrected chi connectivity index (χ1v) is 5.58. The molecule has 0 aromatic carbocycles. The SMILES string of the molecule is COC(=O)[C@H](C)NS(=O)(=O)C(C)C(=O)O. The van der Waals surface area contributed by atoms with Gasteiger partial charge in [-0.15, -0.1) is 0 Å². The van der Waals surface area contributed by atoms with Gasteiger partial charge in [-0.25, -0.2) is 13.1 Å². The van der Waals surface area contributed by atoms with Crippen molar-refractivity contribution >= 4 is 22.0 Å². The standard InChI is InChI=1S/C7H13NO6S/c1-4(7(11)14-3)8-15(12,13)5(2)6(9)10/h4-5,8H,1-3H3,(H,9,10)/t4-,5?/m0/s1. The van der Waals surface area contributed by atoms with Crippen LogP contribution < -0.4 is 4.72 Å². The van der Waals surface area contributed by atoms with Gasteiger partial charge in [0, 0.05) is 0 Å². The van der Waals surface area contributed by atoms with Crippen LogP contribution in [0.3, 0.4) is 0 Å². The van der Waals surface area contributed by atoms with Crippen LogP contribution in [-0.2, 0) is 24.3 Å². The molecule has 0 aromatic rings. The molecule has 0 rings (SSSR count). The maximum atomic E-state index is 11.3. The van der Waals surface area contributed by atoms with E-state index in [9.17, 15) is 18.0 Å². The Bertz CT molecular complexity index is 348. The van der Waals surface area contributed by atoms with E-state index in [2.05, 4.69) is 4.74 Å². The molecule has 0 aliphatic heterocycles. The zero-order chi connectivity index (χ0) is 12.2. The van der Waals surface area contributed by atoms with Crippen LogP contribution >= 0.6 is 0 Å². The molecule has 0 bridgehead atoms. The molecule has 0 fully saturated rings. The van der Waals surface area contributed by atoms with Crippen LogP contribution in [0.25, 0.3) is 0 Å². The highest BCUT2D eigenvalue weighted by Gasteiger charge is 2.30. The summed E-state index contributed by atoms with van der Waals surface area (Å²) in [6.07, 6.45) is 0. The Morgan fingerprint density at radius 2 is 1.80 bits per heavy atom. The van der Waals surface area contributed by atoms with Crippen LogP contribution in [0, 0.1) is 0 Å². The molecule has 0 aliphatic carbocycles. The number of esters is 1. The van der Waals surface area contributed by atoms with Crippen LogP contribution in [0.2, 0.25) is 0 Å². The van der Waals surface area contributed by atoms with Crippen molar-refractivity contribution in [1.82, 2.24) is 4.72 Å². The van der Waals surface area contributed by atoms with Gasteiger partial charge < -0.3 is 9.84 Å². The second-order valence-corrected chi connectivity index (χ2v) is 4.92. The molecule has 0 aromatic heterocycles. The first-order chi connectivity index (χ1) is 6.72. The van der Waals surface area contributed by atoms with Gasteiger partial charge in [-0.1, -0.05) is 0 Å². The van der Waals surface area contributed by atoms with Gasteiger partial charge in [0.25, 0.3) is 0 Å². The number of nitrogens with one attached hydrogen (secondary N) is 1. The van der Waals surface area contributed by atoms with E-state index in [1.54, 1.807) is 0 Å². The lowest BCUT2D eigenvalue weighted by Crippen LogP contribution is -2.45. The highest BCUT2D eigenvalue weighted by Crippen LogP contribution is 2.00. The predicted molar refractivity (Wildman–Crippen MR) is 50.6 cm³/mol. The van der Waals surface area contributed by atoms with Gasteiger partial charge in [-0.05, 0) is 13.8 Å². The molecule has 0 spiro atoms. The van der Waals surface area contributed by atoms with Gasteiger partial charge in [0.15, 0.2) is 5.25 Å². The number of carboxylic acid groups (broad SMARTS) is 1. The Morgan fingerprint density at radius 1 is 1.33 bits per heavy atom. The Labute approximate surface area is 87.5 Å². The summed E-state index contributed by atoms with van der Waals surface area (Å²) in [6, 6.07) is -1.11. The van der Waals surface area contributed by atoms with Gasteiger partial charge in [0.1, 0.15) is 6.04 Å². The van der Waals surface area contributed by atoms with Crippen molar-refractivity contribution < 1.29 is 27.9 Å². The zero-order valence-corrected chi connectivity index (χ0v) is 9.37. The largest absolute Gasteiger partial charge is 0.480 e. The van der Waals surface area contributed by atoms with E-state index in [-0.39, 0.29) is 0 Å². The number of hydrogen-bond acceptors (Lipinski definition) is 5. The Balaban J connectivity index is 4.66. The summed E-state index contributed by atoms with van der Waals surface area (Å²) in [5, 5.41) is 6.87. The smallest absolute Gasteiger partial charge is 0.323 e. The van der Waals surface area contributed by atoms with Gasteiger partial charge in [-0.2, -0.15) is 0 Å². The minimum Gasteiger partial charge on any atom is -0.480 e. The number of hydrogen-bond donors (Lipinski definition) is 2. The monoisotopic (exact) mass is 239 g/mol. The van der Waals surface area contributed by atoms with Gasteiger partial charge in [0.2, 0.25) is 10.0 Å². The van der Waals surface area contributed by atoms with Gasteiger partial charge in [-0.3, -0.25) is 9.59 Å². The molecule has 0 amide bonds. The maximum Gasteiger partial charge on any atom is 0.323 e. The van der Waals surface area contributed by atoms with Crippen molar-refractivity contribution in [2.24, 2.45) is 0 Å². The average molecular weight is 239 g/mol. The van der Waals surface area contributed by atoms with Crippen LogP contribution in [0.4, 0.5) is 0 Å². The summed E-state index contributed by atoms with van der Waals surface area (Å²) >= 11 is 0. The third-order valence-electron chi connectivity index (χ3n) is 1.71. The number of carbonyl (C=O) groups is 2. The Hall–Kier alpha value is -1.15. The van der Waals surface area contributed by atoms with Crippen molar-refractivity contribution in [2.75, 3.05) is 7.11 Å². The van der Waals surface area contributed by atoms with Crippen molar-refractivity contribution in [2.45, 2.75) is 25.1 Å².